The van der Waals surface area contributed by atoms with E-state index in [1.54, 1.807) is 12.1 Å². The molecule has 1 atom stereocenters. The summed E-state index contributed by atoms with van der Waals surface area (Å²) < 4.78 is 0. The molecule has 2 rings (SSSR count). The van der Waals surface area contributed by atoms with Crippen molar-refractivity contribution in [3.63, 3.8) is 0 Å². The van der Waals surface area contributed by atoms with E-state index in [9.17, 15) is 0 Å². The van der Waals surface area contributed by atoms with Gasteiger partial charge in [0.15, 0.2) is 0 Å². The van der Waals surface area contributed by atoms with Crippen molar-refractivity contribution in [1.82, 2.24) is 0 Å². The minimum Gasteiger partial charge on any atom is -0.381 e. The summed E-state index contributed by atoms with van der Waals surface area (Å²) in [4.78, 5) is 0. The first-order valence-electron chi connectivity index (χ1n) is 6.15. The van der Waals surface area contributed by atoms with Gasteiger partial charge in [-0.2, -0.15) is 5.26 Å². The van der Waals surface area contributed by atoms with Crippen molar-refractivity contribution in [2.24, 2.45) is 5.92 Å². The van der Waals surface area contributed by atoms with Crippen molar-refractivity contribution in [3.05, 3.63) is 28.8 Å². The molecule has 2 nitrogen and oxygen atoms in total. The van der Waals surface area contributed by atoms with Crippen molar-refractivity contribution >= 4 is 17.3 Å². The monoisotopic (exact) mass is 248 g/mol. The van der Waals surface area contributed by atoms with Gasteiger partial charge in [-0.25, -0.2) is 0 Å². The maximum absolute atomic E-state index is 9.03. The molecule has 1 fully saturated rings. The zero-order valence-electron chi connectivity index (χ0n) is 10.0. The quantitative estimate of drug-likeness (QED) is 0.867. The van der Waals surface area contributed by atoms with Crippen LogP contribution in [0.2, 0.25) is 5.02 Å². The lowest BCUT2D eigenvalue weighted by Gasteiger charge is -2.29. The fraction of sp³-hybridized carbons (Fsp3) is 0.500. The molecule has 0 saturated heterocycles. The molecule has 0 aliphatic heterocycles. The van der Waals surface area contributed by atoms with Gasteiger partial charge in [0.25, 0.3) is 0 Å². The predicted octanol–water partition coefficient (Wildman–Crippen LogP) is 4.20. The molecule has 1 saturated carbocycles. The van der Waals surface area contributed by atoms with Crippen LogP contribution in [0.5, 0.6) is 0 Å². The highest BCUT2D eigenvalue weighted by atomic mass is 35.5. The Morgan fingerprint density at radius 3 is 2.88 bits per heavy atom. The van der Waals surface area contributed by atoms with Gasteiger partial charge in [0.1, 0.15) is 6.07 Å². The fourth-order valence-corrected chi connectivity index (χ4v) is 2.46. The van der Waals surface area contributed by atoms with Gasteiger partial charge in [-0.3, -0.25) is 0 Å². The van der Waals surface area contributed by atoms with Gasteiger partial charge < -0.3 is 5.32 Å². The highest BCUT2D eigenvalue weighted by Gasteiger charge is 2.20. The lowest BCUT2D eigenvalue weighted by molar-refractivity contribution is 0.286. The fourth-order valence-electron chi connectivity index (χ4n) is 2.29. The highest BCUT2D eigenvalue weighted by molar-refractivity contribution is 6.30. The third kappa shape index (κ3) is 3.14. The van der Waals surface area contributed by atoms with Crippen LogP contribution in [0.25, 0.3) is 0 Å². The van der Waals surface area contributed by atoms with E-state index >= 15 is 0 Å². The van der Waals surface area contributed by atoms with E-state index in [0.717, 1.165) is 11.6 Å². The Balaban J connectivity index is 2.01. The van der Waals surface area contributed by atoms with Crippen LogP contribution in [-0.4, -0.2) is 6.04 Å². The van der Waals surface area contributed by atoms with E-state index in [-0.39, 0.29) is 0 Å². The molecule has 3 heteroatoms. The van der Waals surface area contributed by atoms with Crippen LogP contribution in [-0.2, 0) is 0 Å². The van der Waals surface area contributed by atoms with E-state index in [2.05, 4.69) is 18.3 Å². The van der Waals surface area contributed by atoms with E-state index in [1.165, 1.54) is 25.7 Å². The van der Waals surface area contributed by atoms with Gasteiger partial charge in [-0.15, -0.1) is 0 Å². The third-order valence-electron chi connectivity index (χ3n) is 3.42. The summed E-state index contributed by atoms with van der Waals surface area (Å²) in [6, 6.07) is 7.93. The molecule has 1 aliphatic carbocycles. The number of anilines is 1. The number of halogens is 1. The largest absolute Gasteiger partial charge is 0.381 e. The first kappa shape index (κ1) is 12.3. The molecular weight excluding hydrogens is 232 g/mol. The molecule has 1 N–H and O–H groups in total. The molecule has 0 spiro atoms. The average Bonchev–Trinajstić information content (AvgIpc) is 2.24. The zero-order chi connectivity index (χ0) is 12.3. The summed E-state index contributed by atoms with van der Waals surface area (Å²) in [6.45, 7) is 2.17. The normalized spacial score (nSPS) is 17.0. The number of hydrogen-bond acceptors (Lipinski definition) is 2. The van der Waals surface area contributed by atoms with Crippen LogP contribution >= 0.6 is 11.6 Å². The molecule has 0 bridgehead atoms. The van der Waals surface area contributed by atoms with Gasteiger partial charge in [-0.1, -0.05) is 30.9 Å². The molecular formula is C14H17ClN2. The highest BCUT2D eigenvalue weighted by Crippen LogP contribution is 2.31. The number of hydrogen-bond donors (Lipinski definition) is 1. The Bertz CT molecular complexity index is 432. The van der Waals surface area contributed by atoms with E-state index in [4.69, 9.17) is 16.9 Å². The summed E-state index contributed by atoms with van der Waals surface area (Å²) in [7, 11) is 0. The summed E-state index contributed by atoms with van der Waals surface area (Å²) >= 11 is 5.95. The lowest BCUT2D eigenvalue weighted by atomic mass is 9.81. The smallest absolute Gasteiger partial charge is 0.101 e. The van der Waals surface area contributed by atoms with Crippen LogP contribution in [0.3, 0.4) is 0 Å². The minimum atomic E-state index is 0.394. The minimum absolute atomic E-state index is 0.394. The molecule has 0 aromatic heterocycles. The van der Waals surface area contributed by atoms with Crippen molar-refractivity contribution in [3.8, 4) is 6.07 Å². The second-order valence-corrected chi connectivity index (χ2v) is 5.32. The third-order valence-corrected chi connectivity index (χ3v) is 3.65. The maximum atomic E-state index is 9.03. The first-order chi connectivity index (χ1) is 8.19. The Morgan fingerprint density at radius 2 is 2.29 bits per heavy atom. The molecule has 0 radical (unpaired) electrons. The standard InChI is InChI=1S/C14H17ClN2/c1-10(7-11-3-2-4-11)17-14-8-13(15)6-5-12(14)9-16/h5-6,8,10-11,17H,2-4,7H2,1H3. The molecule has 0 heterocycles. The number of nitriles is 1. The second kappa shape index (κ2) is 5.42. The van der Waals surface area contributed by atoms with Crippen LogP contribution < -0.4 is 5.32 Å². The van der Waals surface area contributed by atoms with Crippen LogP contribution in [0, 0.1) is 17.2 Å². The summed E-state index contributed by atoms with van der Waals surface area (Å²) in [5.74, 6) is 0.863. The van der Waals surface area contributed by atoms with E-state index in [0.29, 0.717) is 16.6 Å². The summed E-state index contributed by atoms with van der Waals surface area (Å²) in [6.07, 6.45) is 5.26. The van der Waals surface area contributed by atoms with Crippen LogP contribution in [0.4, 0.5) is 5.69 Å². The molecule has 1 aliphatic rings. The van der Waals surface area contributed by atoms with Gasteiger partial charge in [-0.05, 0) is 37.5 Å². The van der Waals surface area contributed by atoms with Crippen molar-refractivity contribution in [1.29, 1.82) is 5.26 Å². The van der Waals surface area contributed by atoms with Gasteiger partial charge in [0.05, 0.1) is 11.3 Å². The summed E-state index contributed by atoms with van der Waals surface area (Å²) in [5.41, 5.74) is 1.52. The van der Waals surface area contributed by atoms with Gasteiger partial charge >= 0.3 is 0 Å². The molecule has 90 valence electrons. The predicted molar refractivity (Wildman–Crippen MR) is 71.2 cm³/mol. The lowest BCUT2D eigenvalue weighted by Crippen LogP contribution is -2.23. The Labute approximate surface area is 108 Å². The molecule has 1 unspecified atom stereocenters. The number of nitrogens with zero attached hydrogens (tertiary/aromatic N) is 1. The Kier molecular flexibility index (Phi) is 3.91. The average molecular weight is 249 g/mol. The second-order valence-electron chi connectivity index (χ2n) is 4.88. The molecule has 1 aromatic carbocycles. The molecule has 0 amide bonds. The SMILES string of the molecule is CC(CC1CCC1)Nc1cc(Cl)ccc1C#N. The first-order valence-corrected chi connectivity index (χ1v) is 6.53. The Morgan fingerprint density at radius 1 is 1.53 bits per heavy atom. The van der Waals surface area contributed by atoms with Gasteiger partial charge in [0.2, 0.25) is 0 Å². The van der Waals surface area contributed by atoms with Crippen molar-refractivity contribution in [2.45, 2.75) is 38.6 Å². The van der Waals surface area contributed by atoms with Crippen LogP contribution in [0.15, 0.2) is 18.2 Å². The number of benzene rings is 1. The van der Waals surface area contributed by atoms with E-state index in [1.807, 2.05) is 6.07 Å². The zero-order valence-corrected chi connectivity index (χ0v) is 10.8. The van der Waals surface area contributed by atoms with Crippen molar-refractivity contribution in [2.75, 3.05) is 5.32 Å². The van der Waals surface area contributed by atoms with E-state index < -0.39 is 0 Å². The topological polar surface area (TPSA) is 35.8 Å². The number of nitrogens with one attached hydrogen (secondary N) is 1. The molecule has 17 heavy (non-hydrogen) atoms. The number of rotatable bonds is 4. The Hall–Kier alpha value is -1.20. The van der Waals surface area contributed by atoms with Crippen LogP contribution in [0.1, 0.15) is 38.2 Å². The molecule has 1 aromatic rings. The summed E-state index contributed by atoms with van der Waals surface area (Å²) in [5, 5.41) is 13.1. The van der Waals surface area contributed by atoms with Crippen molar-refractivity contribution < 1.29 is 0 Å². The maximum Gasteiger partial charge on any atom is 0.101 e. The van der Waals surface area contributed by atoms with Gasteiger partial charge in [0, 0.05) is 11.1 Å².